The second-order valence-corrected chi connectivity index (χ2v) is 5.87. The quantitative estimate of drug-likeness (QED) is 0.806. The van der Waals surface area contributed by atoms with Gasteiger partial charge in [0.1, 0.15) is 12.4 Å². The minimum absolute atomic E-state index is 0.0186. The number of hydrogen-bond donors (Lipinski definition) is 1. The molecule has 0 amide bonds. The van der Waals surface area contributed by atoms with Gasteiger partial charge in [0.2, 0.25) is 0 Å². The lowest BCUT2D eigenvalue weighted by molar-refractivity contribution is -0.274. The fraction of sp³-hybridized carbons (Fsp3) is 0.333. The molecule has 2 aliphatic heterocycles. The molecule has 0 bridgehead atoms. The number of dihydropyridines is 1. The number of esters is 2. The summed E-state index contributed by atoms with van der Waals surface area (Å²) < 4.78 is 52.7. The van der Waals surface area contributed by atoms with Crippen molar-refractivity contribution in [1.29, 1.82) is 0 Å². The van der Waals surface area contributed by atoms with Gasteiger partial charge in [0.05, 0.1) is 29.4 Å². The third-order valence-electron chi connectivity index (χ3n) is 4.16. The fourth-order valence-electron chi connectivity index (χ4n) is 3.19. The van der Waals surface area contributed by atoms with Crippen LogP contribution in [0.2, 0.25) is 0 Å². The maximum Gasteiger partial charge on any atom is 0.573 e. The molecule has 1 aromatic carbocycles. The fourth-order valence-corrected chi connectivity index (χ4v) is 3.19. The molecule has 2 heterocycles. The molecule has 0 aliphatic carbocycles. The number of carbonyl (C=O) groups excluding carboxylic acids is 2. The maximum absolute atomic E-state index is 12.8. The van der Waals surface area contributed by atoms with Crippen LogP contribution in [0, 0.1) is 0 Å². The van der Waals surface area contributed by atoms with Crippen LogP contribution in [0.4, 0.5) is 13.2 Å². The summed E-state index contributed by atoms with van der Waals surface area (Å²) in [4.78, 5) is 24.8. The molecule has 0 spiro atoms. The summed E-state index contributed by atoms with van der Waals surface area (Å²) in [5.41, 5.74) is 0.898. The summed E-state index contributed by atoms with van der Waals surface area (Å²) in [6.45, 7) is 3.20. The molecule has 9 heteroatoms. The van der Waals surface area contributed by atoms with E-state index in [2.05, 4.69) is 10.1 Å². The zero-order valence-electron chi connectivity index (χ0n) is 14.5. The third kappa shape index (κ3) is 3.62. The zero-order chi connectivity index (χ0) is 19.8. The number of alkyl halides is 3. The number of benzene rings is 1. The lowest BCUT2D eigenvalue weighted by Crippen LogP contribution is -2.31. The van der Waals surface area contributed by atoms with Crippen LogP contribution in [0.25, 0.3) is 0 Å². The Balaban J connectivity index is 2.18. The second-order valence-electron chi connectivity index (χ2n) is 5.87. The predicted molar refractivity (Wildman–Crippen MR) is 86.3 cm³/mol. The van der Waals surface area contributed by atoms with Gasteiger partial charge in [0.25, 0.3) is 0 Å². The SMILES string of the molecule is CCOC(=O)C1=C(C)NC2=C(C(=O)OC2)C1c1ccccc1OC(F)(F)F. The molecule has 1 aromatic rings. The van der Waals surface area contributed by atoms with Gasteiger partial charge in [-0.05, 0) is 19.9 Å². The first-order valence-corrected chi connectivity index (χ1v) is 8.12. The second kappa shape index (κ2) is 6.98. The van der Waals surface area contributed by atoms with Gasteiger partial charge >= 0.3 is 18.3 Å². The van der Waals surface area contributed by atoms with E-state index in [0.29, 0.717) is 11.4 Å². The van der Waals surface area contributed by atoms with Crippen molar-refractivity contribution in [3.05, 3.63) is 52.4 Å². The number of allylic oxidation sites excluding steroid dienone is 1. The summed E-state index contributed by atoms with van der Waals surface area (Å²) in [5, 5.41) is 2.92. The average Bonchev–Trinajstić information content (AvgIpc) is 2.93. The van der Waals surface area contributed by atoms with E-state index in [4.69, 9.17) is 9.47 Å². The van der Waals surface area contributed by atoms with E-state index >= 15 is 0 Å². The molecule has 0 saturated carbocycles. The summed E-state index contributed by atoms with van der Waals surface area (Å²) in [6, 6.07) is 5.37. The number of hydrogen-bond acceptors (Lipinski definition) is 6. The van der Waals surface area contributed by atoms with Crippen LogP contribution in [-0.2, 0) is 19.1 Å². The Kier molecular flexibility index (Phi) is 4.86. The Labute approximate surface area is 152 Å². The summed E-state index contributed by atoms with van der Waals surface area (Å²) in [6.07, 6.45) is -4.93. The van der Waals surface area contributed by atoms with E-state index in [-0.39, 0.29) is 29.9 Å². The predicted octanol–water partition coefficient (Wildman–Crippen LogP) is 2.92. The van der Waals surface area contributed by atoms with Crippen molar-refractivity contribution >= 4 is 11.9 Å². The van der Waals surface area contributed by atoms with Crippen molar-refractivity contribution in [3.63, 3.8) is 0 Å². The molecule has 1 N–H and O–H groups in total. The molecule has 144 valence electrons. The molecule has 27 heavy (non-hydrogen) atoms. The number of ether oxygens (including phenoxy) is 3. The molecule has 0 aromatic heterocycles. The lowest BCUT2D eigenvalue weighted by atomic mass is 9.80. The van der Waals surface area contributed by atoms with Crippen LogP contribution in [0.3, 0.4) is 0 Å². The molecular weight excluding hydrogens is 367 g/mol. The Morgan fingerprint density at radius 1 is 1.33 bits per heavy atom. The van der Waals surface area contributed by atoms with Gasteiger partial charge in [0.15, 0.2) is 0 Å². The Hall–Kier alpha value is -2.97. The molecule has 0 radical (unpaired) electrons. The minimum Gasteiger partial charge on any atom is -0.463 e. The molecule has 3 rings (SSSR count). The molecule has 6 nitrogen and oxygen atoms in total. The average molecular weight is 383 g/mol. The first kappa shape index (κ1) is 18.8. The van der Waals surface area contributed by atoms with Crippen molar-refractivity contribution in [2.45, 2.75) is 26.1 Å². The Morgan fingerprint density at radius 2 is 2.04 bits per heavy atom. The van der Waals surface area contributed by atoms with Gasteiger partial charge in [-0.25, -0.2) is 9.59 Å². The number of para-hydroxylation sites is 1. The lowest BCUT2D eigenvalue weighted by Gasteiger charge is -2.28. The molecule has 2 aliphatic rings. The van der Waals surface area contributed by atoms with Crippen LogP contribution in [0.1, 0.15) is 25.3 Å². The van der Waals surface area contributed by atoms with Crippen LogP contribution in [-0.4, -0.2) is 31.5 Å². The Bertz CT molecular complexity index is 857. The van der Waals surface area contributed by atoms with Gasteiger partial charge in [-0.2, -0.15) is 0 Å². The van der Waals surface area contributed by atoms with Gasteiger partial charge in [-0.3, -0.25) is 0 Å². The highest BCUT2D eigenvalue weighted by Gasteiger charge is 2.44. The largest absolute Gasteiger partial charge is 0.573 e. The van der Waals surface area contributed by atoms with E-state index in [1.54, 1.807) is 13.8 Å². The summed E-state index contributed by atoms with van der Waals surface area (Å²) in [5.74, 6) is -3.05. The van der Waals surface area contributed by atoms with Crippen LogP contribution in [0.15, 0.2) is 46.8 Å². The van der Waals surface area contributed by atoms with Crippen molar-refractivity contribution in [2.75, 3.05) is 13.2 Å². The number of nitrogens with one attached hydrogen (secondary N) is 1. The third-order valence-corrected chi connectivity index (χ3v) is 4.16. The number of cyclic esters (lactones) is 1. The zero-order valence-corrected chi connectivity index (χ0v) is 14.5. The Morgan fingerprint density at radius 3 is 2.70 bits per heavy atom. The van der Waals surface area contributed by atoms with E-state index in [0.717, 1.165) is 6.07 Å². The standard InChI is InChI=1S/C18H16F3NO5/c1-3-25-16(23)13-9(2)22-11-8-26-17(24)15(11)14(13)10-6-4-5-7-12(10)27-18(19,20)21/h4-7,14,22H,3,8H2,1-2H3. The van der Waals surface area contributed by atoms with Crippen molar-refractivity contribution in [2.24, 2.45) is 0 Å². The highest BCUT2D eigenvalue weighted by Crippen LogP contribution is 2.45. The smallest absolute Gasteiger partial charge is 0.463 e. The normalized spacial score (nSPS) is 19.4. The molecule has 1 unspecified atom stereocenters. The van der Waals surface area contributed by atoms with Gasteiger partial charge in [0, 0.05) is 11.3 Å². The van der Waals surface area contributed by atoms with Gasteiger partial charge in [-0.15, -0.1) is 13.2 Å². The maximum atomic E-state index is 12.8. The van der Waals surface area contributed by atoms with E-state index in [9.17, 15) is 22.8 Å². The highest BCUT2D eigenvalue weighted by molar-refractivity contribution is 6.01. The molecular formula is C18H16F3NO5. The van der Waals surface area contributed by atoms with Gasteiger partial charge < -0.3 is 19.5 Å². The monoisotopic (exact) mass is 383 g/mol. The van der Waals surface area contributed by atoms with Crippen molar-refractivity contribution in [3.8, 4) is 5.75 Å². The summed E-state index contributed by atoms with van der Waals surface area (Å²) >= 11 is 0. The van der Waals surface area contributed by atoms with E-state index < -0.39 is 30.0 Å². The van der Waals surface area contributed by atoms with Crippen LogP contribution in [0.5, 0.6) is 5.75 Å². The number of rotatable bonds is 4. The first-order chi connectivity index (χ1) is 12.7. The number of halogens is 3. The van der Waals surface area contributed by atoms with E-state index in [1.165, 1.54) is 18.2 Å². The topological polar surface area (TPSA) is 73.9 Å². The first-order valence-electron chi connectivity index (χ1n) is 8.12. The van der Waals surface area contributed by atoms with Gasteiger partial charge in [-0.1, -0.05) is 18.2 Å². The van der Waals surface area contributed by atoms with Crippen LogP contribution >= 0.6 is 0 Å². The van der Waals surface area contributed by atoms with E-state index in [1.807, 2.05) is 0 Å². The highest BCUT2D eigenvalue weighted by atomic mass is 19.4. The van der Waals surface area contributed by atoms with Crippen molar-refractivity contribution < 1.29 is 37.0 Å². The molecule has 0 fully saturated rings. The minimum atomic E-state index is -4.93. The van der Waals surface area contributed by atoms with Crippen molar-refractivity contribution in [1.82, 2.24) is 5.32 Å². The summed E-state index contributed by atoms with van der Waals surface area (Å²) in [7, 11) is 0. The molecule has 1 atom stereocenters. The molecule has 0 saturated heterocycles. The van der Waals surface area contributed by atoms with Crippen LogP contribution < -0.4 is 10.1 Å². The number of carbonyl (C=O) groups is 2.